The maximum atomic E-state index is 12.8. The highest BCUT2D eigenvalue weighted by molar-refractivity contribution is 6.07. The molecule has 0 aromatic heterocycles. The van der Waals surface area contributed by atoms with E-state index in [1.165, 1.54) is 13.2 Å². The van der Waals surface area contributed by atoms with Gasteiger partial charge in [-0.1, -0.05) is 67.8 Å². The van der Waals surface area contributed by atoms with E-state index in [1.54, 1.807) is 12.2 Å². The molecule has 0 fully saturated rings. The summed E-state index contributed by atoms with van der Waals surface area (Å²) in [7, 11) is 1.26. The standard InChI is InChI=1S/C42H48O9/c1-4-40(44)50-29-11-7-5-9-28-49-38-24-20-35(21-25-38)34-16-18-36(19-17-34)39(43)26-15-33-13-22-37(23-14-33)48-27-10-6-8-12-30-51-42(46)32(2)31-41(45)47-3/h4,13-26H,1-2,5-12,27-31H2,3H3/b26-15+. The number of allylic oxidation sites excluding steroid dienone is 1. The maximum absolute atomic E-state index is 12.8. The van der Waals surface area contributed by atoms with Crippen LogP contribution in [-0.4, -0.2) is 57.2 Å². The molecule has 0 saturated heterocycles. The molecule has 51 heavy (non-hydrogen) atoms. The Morgan fingerprint density at radius 1 is 0.627 bits per heavy atom. The summed E-state index contributed by atoms with van der Waals surface area (Å²) >= 11 is 0. The smallest absolute Gasteiger partial charge is 0.333 e. The Hall–Kier alpha value is -5.44. The lowest BCUT2D eigenvalue weighted by atomic mass is 10.0. The number of carbonyl (C=O) groups is 4. The number of ketones is 1. The third kappa shape index (κ3) is 15.8. The van der Waals surface area contributed by atoms with Gasteiger partial charge in [0, 0.05) is 17.2 Å². The molecular formula is C42H48O9. The summed E-state index contributed by atoms with van der Waals surface area (Å²) in [6.45, 7) is 8.82. The number of rotatable bonds is 24. The molecule has 3 rings (SSSR count). The van der Waals surface area contributed by atoms with E-state index in [-0.39, 0.29) is 30.4 Å². The van der Waals surface area contributed by atoms with Crippen LogP contribution in [0.1, 0.15) is 73.7 Å². The lowest BCUT2D eigenvalue weighted by Gasteiger charge is -2.08. The summed E-state index contributed by atoms with van der Waals surface area (Å²) < 4.78 is 26.3. The van der Waals surface area contributed by atoms with Crippen molar-refractivity contribution in [3.05, 3.63) is 115 Å². The predicted octanol–water partition coefficient (Wildman–Crippen LogP) is 8.52. The molecule has 3 aromatic rings. The Bertz CT molecular complexity index is 1590. The summed E-state index contributed by atoms with van der Waals surface area (Å²) in [5, 5.41) is 0. The topological polar surface area (TPSA) is 114 Å². The number of benzene rings is 3. The molecule has 0 bridgehead atoms. The molecule has 0 aliphatic heterocycles. The van der Waals surface area contributed by atoms with Crippen LogP contribution < -0.4 is 9.47 Å². The Balaban J connectivity index is 1.30. The first-order chi connectivity index (χ1) is 24.8. The highest BCUT2D eigenvalue weighted by Gasteiger charge is 2.13. The van der Waals surface area contributed by atoms with Gasteiger partial charge in [0.15, 0.2) is 5.78 Å². The molecule has 0 N–H and O–H groups in total. The van der Waals surface area contributed by atoms with Gasteiger partial charge in [-0.3, -0.25) is 9.59 Å². The monoisotopic (exact) mass is 696 g/mol. The maximum Gasteiger partial charge on any atom is 0.333 e. The van der Waals surface area contributed by atoms with Crippen LogP contribution in [0.4, 0.5) is 0 Å². The van der Waals surface area contributed by atoms with Crippen molar-refractivity contribution in [1.29, 1.82) is 0 Å². The largest absolute Gasteiger partial charge is 0.494 e. The molecule has 0 amide bonds. The van der Waals surface area contributed by atoms with Crippen molar-refractivity contribution in [2.45, 2.75) is 57.8 Å². The van der Waals surface area contributed by atoms with E-state index in [1.807, 2.05) is 72.8 Å². The Morgan fingerprint density at radius 3 is 1.65 bits per heavy atom. The molecule has 0 unspecified atom stereocenters. The normalized spacial score (nSPS) is 10.7. The van der Waals surface area contributed by atoms with Gasteiger partial charge in [-0.25, -0.2) is 9.59 Å². The molecule has 0 saturated carbocycles. The molecule has 3 aromatic carbocycles. The van der Waals surface area contributed by atoms with Crippen LogP contribution in [0, 0.1) is 0 Å². The first kappa shape index (κ1) is 40.0. The lowest BCUT2D eigenvalue weighted by Crippen LogP contribution is -2.12. The van der Waals surface area contributed by atoms with Crippen LogP contribution in [0.3, 0.4) is 0 Å². The number of methoxy groups -OCH3 is 1. The van der Waals surface area contributed by atoms with Crippen molar-refractivity contribution in [3.8, 4) is 22.6 Å². The summed E-state index contributed by atoms with van der Waals surface area (Å²) in [6, 6.07) is 23.0. The molecule has 0 aliphatic rings. The first-order valence-electron chi connectivity index (χ1n) is 17.3. The van der Waals surface area contributed by atoms with Crippen LogP contribution in [0.25, 0.3) is 17.2 Å². The minimum atomic E-state index is -0.575. The van der Waals surface area contributed by atoms with Crippen molar-refractivity contribution in [2.24, 2.45) is 0 Å². The van der Waals surface area contributed by atoms with E-state index in [0.29, 0.717) is 31.8 Å². The molecule has 270 valence electrons. The highest BCUT2D eigenvalue weighted by atomic mass is 16.5. The van der Waals surface area contributed by atoms with Gasteiger partial charge in [-0.05, 0) is 98.4 Å². The summed E-state index contributed by atoms with van der Waals surface area (Å²) in [5.41, 5.74) is 3.63. The fraction of sp³-hybridized carbons (Fsp3) is 0.333. The third-order valence-corrected chi connectivity index (χ3v) is 7.80. The number of ether oxygens (including phenoxy) is 5. The van der Waals surface area contributed by atoms with Gasteiger partial charge >= 0.3 is 17.9 Å². The summed E-state index contributed by atoms with van der Waals surface area (Å²) in [6.07, 6.45) is 11.5. The van der Waals surface area contributed by atoms with E-state index in [0.717, 1.165) is 73.1 Å². The lowest BCUT2D eigenvalue weighted by molar-refractivity contribution is -0.144. The zero-order valence-electron chi connectivity index (χ0n) is 29.4. The highest BCUT2D eigenvalue weighted by Crippen LogP contribution is 2.24. The third-order valence-electron chi connectivity index (χ3n) is 7.80. The average Bonchev–Trinajstić information content (AvgIpc) is 3.16. The second-order valence-corrected chi connectivity index (χ2v) is 11.8. The van der Waals surface area contributed by atoms with Crippen LogP contribution in [0.15, 0.2) is 104 Å². The van der Waals surface area contributed by atoms with Gasteiger partial charge in [0.25, 0.3) is 0 Å². The quantitative estimate of drug-likeness (QED) is 0.0299. The molecule has 0 aliphatic carbocycles. The van der Waals surface area contributed by atoms with Crippen LogP contribution >= 0.6 is 0 Å². The Kier molecular flexibility index (Phi) is 18.1. The number of hydrogen-bond donors (Lipinski definition) is 0. The second-order valence-electron chi connectivity index (χ2n) is 11.8. The zero-order chi connectivity index (χ0) is 36.7. The molecule has 0 spiro atoms. The van der Waals surface area contributed by atoms with Crippen molar-refractivity contribution in [2.75, 3.05) is 33.5 Å². The summed E-state index contributed by atoms with van der Waals surface area (Å²) in [5.74, 6) is 0.00388. The van der Waals surface area contributed by atoms with E-state index >= 15 is 0 Å². The molecule has 0 radical (unpaired) electrons. The molecule has 0 atom stereocenters. The Morgan fingerprint density at radius 2 is 1.12 bits per heavy atom. The average molecular weight is 697 g/mol. The van der Waals surface area contributed by atoms with Crippen molar-refractivity contribution >= 4 is 29.8 Å². The van der Waals surface area contributed by atoms with Gasteiger partial charge in [0.2, 0.25) is 0 Å². The van der Waals surface area contributed by atoms with E-state index in [2.05, 4.69) is 17.9 Å². The van der Waals surface area contributed by atoms with Crippen molar-refractivity contribution in [3.63, 3.8) is 0 Å². The van der Waals surface area contributed by atoms with Crippen molar-refractivity contribution in [1.82, 2.24) is 0 Å². The fourth-order valence-corrected chi connectivity index (χ4v) is 4.83. The number of carbonyl (C=O) groups excluding carboxylic acids is 4. The molecule has 9 heteroatoms. The van der Waals surface area contributed by atoms with Gasteiger partial charge in [0.1, 0.15) is 11.5 Å². The van der Waals surface area contributed by atoms with Crippen molar-refractivity contribution < 1.29 is 42.9 Å². The van der Waals surface area contributed by atoms with E-state index in [9.17, 15) is 19.2 Å². The van der Waals surface area contributed by atoms with Crippen LogP contribution in [0.2, 0.25) is 0 Å². The van der Waals surface area contributed by atoms with Gasteiger partial charge in [-0.15, -0.1) is 0 Å². The Labute approximate surface area is 300 Å². The van der Waals surface area contributed by atoms with Crippen LogP contribution in [0.5, 0.6) is 11.5 Å². The minimum Gasteiger partial charge on any atom is -0.494 e. The number of hydrogen-bond acceptors (Lipinski definition) is 9. The summed E-state index contributed by atoms with van der Waals surface area (Å²) in [4.78, 5) is 46.8. The van der Waals surface area contributed by atoms with Crippen LogP contribution in [-0.2, 0) is 28.6 Å². The fourth-order valence-electron chi connectivity index (χ4n) is 4.83. The molecular weight excluding hydrogens is 648 g/mol. The minimum absolute atomic E-state index is 0.0794. The van der Waals surface area contributed by atoms with E-state index in [4.69, 9.17) is 18.9 Å². The van der Waals surface area contributed by atoms with E-state index < -0.39 is 11.9 Å². The molecule has 9 nitrogen and oxygen atoms in total. The number of esters is 3. The predicted molar refractivity (Wildman–Crippen MR) is 197 cm³/mol. The van der Waals surface area contributed by atoms with Gasteiger partial charge in [0.05, 0.1) is 40.0 Å². The number of unbranched alkanes of at least 4 members (excludes halogenated alkanes) is 6. The SMILES string of the molecule is C=CC(=O)OCCCCCCOc1ccc(-c2ccc(C(=O)/C=C/c3ccc(OCCCCCCOC(=O)C(=C)CC(=O)OC)cc3)cc2)cc1. The first-order valence-corrected chi connectivity index (χ1v) is 17.3. The molecule has 0 heterocycles. The van der Waals surface area contributed by atoms with Gasteiger partial charge in [-0.2, -0.15) is 0 Å². The zero-order valence-corrected chi connectivity index (χ0v) is 29.4. The second kappa shape index (κ2) is 23.1. The van der Waals surface area contributed by atoms with Gasteiger partial charge < -0.3 is 23.7 Å².